The molecule has 0 atom stereocenters. The maximum absolute atomic E-state index is 4.22. The average Bonchev–Trinajstić information content (AvgIpc) is 2.89. The Morgan fingerprint density at radius 2 is 1.89 bits per heavy atom. The number of hydrogen-bond acceptors (Lipinski definition) is 2. The molecule has 0 spiro atoms. The Morgan fingerprint density at radius 3 is 2.56 bits per heavy atom. The first-order chi connectivity index (χ1) is 8.86. The van der Waals surface area contributed by atoms with Gasteiger partial charge in [-0.15, -0.1) is 0 Å². The van der Waals surface area contributed by atoms with E-state index in [1.807, 2.05) is 18.8 Å². The number of nitrogens with zero attached hydrogens (tertiary/aromatic N) is 1. The summed E-state index contributed by atoms with van der Waals surface area (Å²) < 4.78 is 0. The van der Waals surface area contributed by atoms with Crippen LogP contribution in [-0.4, -0.2) is 38.1 Å². The molecule has 3 nitrogen and oxygen atoms in total. The van der Waals surface area contributed by atoms with Gasteiger partial charge < -0.3 is 10.6 Å². The summed E-state index contributed by atoms with van der Waals surface area (Å²) in [6, 6.07) is 0. The van der Waals surface area contributed by atoms with E-state index in [2.05, 4.69) is 21.9 Å². The first kappa shape index (κ1) is 15.7. The highest BCUT2D eigenvalue weighted by Gasteiger charge is 2.13. The van der Waals surface area contributed by atoms with Crippen molar-refractivity contribution in [1.29, 1.82) is 0 Å². The maximum atomic E-state index is 4.22. The van der Waals surface area contributed by atoms with E-state index in [4.69, 9.17) is 0 Å². The summed E-state index contributed by atoms with van der Waals surface area (Å²) in [5.41, 5.74) is 0. The number of thioether (sulfide) groups is 1. The zero-order valence-corrected chi connectivity index (χ0v) is 12.8. The molecule has 0 amide bonds. The van der Waals surface area contributed by atoms with Crippen LogP contribution in [0.1, 0.15) is 44.9 Å². The Bertz CT molecular complexity index is 225. The number of rotatable bonds is 8. The molecule has 0 radical (unpaired) electrons. The van der Waals surface area contributed by atoms with Crippen molar-refractivity contribution in [3.05, 3.63) is 0 Å². The molecular weight excluding hydrogens is 242 g/mol. The van der Waals surface area contributed by atoms with E-state index in [1.54, 1.807) is 0 Å². The zero-order chi connectivity index (χ0) is 13.1. The standard InChI is InChI=1S/C14H29N3S/c1-15-14(17-11-12-18-2)16-10-6-5-9-13-7-3-4-8-13/h13H,3-12H2,1-2H3,(H2,15,16,17). The molecule has 4 heteroatoms. The Morgan fingerprint density at radius 1 is 1.17 bits per heavy atom. The molecule has 106 valence electrons. The molecule has 0 saturated heterocycles. The minimum absolute atomic E-state index is 0.949. The van der Waals surface area contributed by atoms with Crippen LogP contribution in [0.5, 0.6) is 0 Å². The number of guanidine groups is 1. The number of hydrogen-bond donors (Lipinski definition) is 2. The van der Waals surface area contributed by atoms with E-state index in [9.17, 15) is 0 Å². The first-order valence-corrected chi connectivity index (χ1v) is 8.69. The number of aliphatic imine (C=N–C) groups is 1. The van der Waals surface area contributed by atoms with Crippen LogP contribution in [0, 0.1) is 5.92 Å². The van der Waals surface area contributed by atoms with Crippen LogP contribution >= 0.6 is 11.8 Å². The first-order valence-electron chi connectivity index (χ1n) is 7.30. The quantitative estimate of drug-likeness (QED) is 0.405. The van der Waals surface area contributed by atoms with Gasteiger partial charge in [-0.1, -0.05) is 38.5 Å². The highest BCUT2D eigenvalue weighted by molar-refractivity contribution is 7.98. The van der Waals surface area contributed by atoms with E-state index < -0.39 is 0 Å². The van der Waals surface area contributed by atoms with Gasteiger partial charge in [0.2, 0.25) is 0 Å². The fraction of sp³-hybridized carbons (Fsp3) is 0.929. The van der Waals surface area contributed by atoms with Gasteiger partial charge in [-0.3, -0.25) is 4.99 Å². The van der Waals surface area contributed by atoms with Crippen molar-refractivity contribution in [3.63, 3.8) is 0 Å². The topological polar surface area (TPSA) is 36.4 Å². The summed E-state index contributed by atoms with van der Waals surface area (Å²) in [5.74, 6) is 3.11. The predicted molar refractivity (Wildman–Crippen MR) is 83.6 cm³/mol. The second-order valence-corrected chi connectivity index (χ2v) is 6.05. The lowest BCUT2D eigenvalue weighted by atomic mass is 10.0. The van der Waals surface area contributed by atoms with Crippen LogP contribution in [0.4, 0.5) is 0 Å². The van der Waals surface area contributed by atoms with E-state index >= 15 is 0 Å². The van der Waals surface area contributed by atoms with Crippen molar-refractivity contribution in [3.8, 4) is 0 Å². The molecule has 0 aliphatic heterocycles. The van der Waals surface area contributed by atoms with Crippen LogP contribution in [0.2, 0.25) is 0 Å². The molecule has 1 fully saturated rings. The van der Waals surface area contributed by atoms with E-state index in [-0.39, 0.29) is 0 Å². The van der Waals surface area contributed by atoms with Gasteiger partial charge in [0, 0.05) is 25.9 Å². The van der Waals surface area contributed by atoms with Crippen LogP contribution in [0.15, 0.2) is 4.99 Å². The SMILES string of the molecule is CN=C(NCCCCC1CCCC1)NCCSC. The molecule has 2 N–H and O–H groups in total. The molecule has 1 aliphatic rings. The summed E-state index contributed by atoms with van der Waals surface area (Å²) in [5, 5.41) is 6.70. The van der Waals surface area contributed by atoms with Gasteiger partial charge in [0.1, 0.15) is 0 Å². The third-order valence-electron chi connectivity index (χ3n) is 3.63. The summed E-state index contributed by atoms with van der Waals surface area (Å²) in [6.45, 7) is 2.04. The Labute approximate surface area is 117 Å². The normalized spacial score (nSPS) is 17.1. The third kappa shape index (κ3) is 7.14. The second kappa shape index (κ2) is 10.5. The van der Waals surface area contributed by atoms with Crippen LogP contribution < -0.4 is 10.6 Å². The highest BCUT2D eigenvalue weighted by atomic mass is 32.2. The van der Waals surface area contributed by atoms with Crippen molar-refractivity contribution >= 4 is 17.7 Å². The van der Waals surface area contributed by atoms with E-state index in [0.29, 0.717) is 0 Å². The molecular formula is C14H29N3S. The van der Waals surface area contributed by atoms with Crippen molar-refractivity contribution in [2.75, 3.05) is 32.1 Å². The maximum Gasteiger partial charge on any atom is 0.191 e. The van der Waals surface area contributed by atoms with Gasteiger partial charge in [-0.2, -0.15) is 11.8 Å². The minimum Gasteiger partial charge on any atom is -0.356 e. The number of unbranched alkanes of at least 4 members (excludes halogenated alkanes) is 1. The fourth-order valence-corrected chi connectivity index (χ4v) is 2.86. The molecule has 18 heavy (non-hydrogen) atoms. The molecule has 1 aliphatic carbocycles. The molecule has 0 bridgehead atoms. The predicted octanol–water partition coefficient (Wildman–Crippen LogP) is 2.87. The smallest absolute Gasteiger partial charge is 0.191 e. The van der Waals surface area contributed by atoms with Gasteiger partial charge in [0.25, 0.3) is 0 Å². The summed E-state index contributed by atoms with van der Waals surface area (Å²) in [4.78, 5) is 4.22. The molecule has 0 heterocycles. The highest BCUT2D eigenvalue weighted by Crippen LogP contribution is 2.28. The molecule has 0 unspecified atom stereocenters. The molecule has 0 aromatic rings. The Balaban J connectivity index is 1.94. The lowest BCUT2D eigenvalue weighted by molar-refractivity contribution is 0.472. The fourth-order valence-electron chi connectivity index (χ4n) is 2.56. The molecule has 1 saturated carbocycles. The molecule has 0 aromatic heterocycles. The van der Waals surface area contributed by atoms with Crippen molar-refractivity contribution in [1.82, 2.24) is 10.6 Å². The summed E-state index contributed by atoms with van der Waals surface area (Å²) in [6.07, 6.45) is 12.1. The average molecular weight is 271 g/mol. The minimum atomic E-state index is 0.949. The molecule has 1 rings (SSSR count). The largest absolute Gasteiger partial charge is 0.356 e. The second-order valence-electron chi connectivity index (χ2n) is 5.06. The monoisotopic (exact) mass is 271 g/mol. The van der Waals surface area contributed by atoms with Gasteiger partial charge in [-0.25, -0.2) is 0 Å². The van der Waals surface area contributed by atoms with Crippen molar-refractivity contribution in [2.45, 2.75) is 44.9 Å². The van der Waals surface area contributed by atoms with Crippen LogP contribution in [-0.2, 0) is 0 Å². The summed E-state index contributed by atoms with van der Waals surface area (Å²) in [7, 11) is 1.84. The van der Waals surface area contributed by atoms with Crippen LogP contribution in [0.3, 0.4) is 0 Å². The van der Waals surface area contributed by atoms with Gasteiger partial charge in [-0.05, 0) is 18.6 Å². The zero-order valence-electron chi connectivity index (χ0n) is 12.0. The third-order valence-corrected chi connectivity index (χ3v) is 4.24. The van der Waals surface area contributed by atoms with Crippen LogP contribution in [0.25, 0.3) is 0 Å². The Kier molecular flexibility index (Phi) is 9.17. The van der Waals surface area contributed by atoms with E-state index in [0.717, 1.165) is 30.7 Å². The van der Waals surface area contributed by atoms with Gasteiger partial charge in [0.05, 0.1) is 0 Å². The lowest BCUT2D eigenvalue weighted by Gasteiger charge is -2.12. The summed E-state index contributed by atoms with van der Waals surface area (Å²) >= 11 is 1.85. The number of nitrogens with one attached hydrogen (secondary N) is 2. The molecule has 0 aromatic carbocycles. The van der Waals surface area contributed by atoms with E-state index in [1.165, 1.54) is 44.9 Å². The van der Waals surface area contributed by atoms with Crippen molar-refractivity contribution < 1.29 is 0 Å². The van der Waals surface area contributed by atoms with Gasteiger partial charge >= 0.3 is 0 Å². The Hall–Kier alpha value is -0.380. The van der Waals surface area contributed by atoms with Crippen molar-refractivity contribution in [2.24, 2.45) is 10.9 Å². The lowest BCUT2D eigenvalue weighted by Crippen LogP contribution is -2.38. The van der Waals surface area contributed by atoms with Gasteiger partial charge in [0.15, 0.2) is 5.96 Å².